The normalized spacial score (nSPS) is 11.3. The molecule has 0 fully saturated rings. The quantitative estimate of drug-likeness (QED) is 0.359. The first-order valence-corrected chi connectivity index (χ1v) is 11.0. The summed E-state index contributed by atoms with van der Waals surface area (Å²) < 4.78 is 5.68. The van der Waals surface area contributed by atoms with Crippen molar-refractivity contribution in [2.45, 2.75) is 25.1 Å². The summed E-state index contributed by atoms with van der Waals surface area (Å²) in [7, 11) is 2.04. The Balaban J connectivity index is 1.34. The first-order valence-electron chi connectivity index (χ1n) is 9.30. The van der Waals surface area contributed by atoms with E-state index in [4.69, 9.17) is 27.6 Å². The second-order valence-electron chi connectivity index (χ2n) is 6.93. The summed E-state index contributed by atoms with van der Waals surface area (Å²) in [5.74, 6) is 0.255. The second kappa shape index (κ2) is 10.3. The van der Waals surface area contributed by atoms with Crippen LogP contribution in [0.3, 0.4) is 0 Å². The van der Waals surface area contributed by atoms with Crippen LogP contribution in [0.15, 0.2) is 46.0 Å². The highest BCUT2D eigenvalue weighted by Gasteiger charge is 2.10. The molecule has 0 aliphatic carbocycles. The fourth-order valence-corrected chi connectivity index (χ4v) is 3.85. The Morgan fingerprint density at radius 3 is 2.83 bits per heavy atom. The number of rotatable bonds is 9. The van der Waals surface area contributed by atoms with E-state index >= 15 is 0 Å². The standard InChI is InChI=1S/C21H23Cl2N3O2S/c1-14-4-7-18-19(10-14)28-21(25-18)29-13-20(27)24-8-3-9-26(2)12-15-5-6-16(22)17(23)11-15/h4-7,10-11H,3,8-9,12-13H2,1-2H3,(H,24,27). The highest BCUT2D eigenvalue weighted by atomic mass is 35.5. The Kier molecular flexibility index (Phi) is 7.84. The second-order valence-corrected chi connectivity index (χ2v) is 8.67. The lowest BCUT2D eigenvalue weighted by Crippen LogP contribution is -2.29. The number of aromatic nitrogens is 1. The zero-order valence-corrected chi connectivity index (χ0v) is 18.7. The molecule has 0 aliphatic rings. The third-order valence-electron chi connectivity index (χ3n) is 4.33. The van der Waals surface area contributed by atoms with Crippen LogP contribution in [0, 0.1) is 6.92 Å². The molecule has 0 atom stereocenters. The molecule has 1 N–H and O–H groups in total. The summed E-state index contributed by atoms with van der Waals surface area (Å²) >= 11 is 13.3. The Labute approximate surface area is 184 Å². The molecule has 1 heterocycles. The molecule has 0 saturated carbocycles. The van der Waals surface area contributed by atoms with E-state index in [0.29, 0.717) is 21.8 Å². The maximum Gasteiger partial charge on any atom is 0.257 e. The number of nitrogens with zero attached hydrogens (tertiary/aromatic N) is 2. The van der Waals surface area contributed by atoms with Gasteiger partial charge in [-0.25, -0.2) is 4.98 Å². The van der Waals surface area contributed by atoms with E-state index in [1.54, 1.807) is 0 Å². The van der Waals surface area contributed by atoms with Crippen molar-refractivity contribution in [3.05, 3.63) is 57.6 Å². The summed E-state index contributed by atoms with van der Waals surface area (Å²) in [6.45, 7) is 4.26. The van der Waals surface area contributed by atoms with Crippen LogP contribution in [0.25, 0.3) is 11.1 Å². The summed E-state index contributed by atoms with van der Waals surface area (Å²) in [6, 6.07) is 11.5. The first kappa shape index (κ1) is 22.0. The molecular weight excluding hydrogens is 429 g/mol. The minimum absolute atomic E-state index is 0.0272. The van der Waals surface area contributed by atoms with Gasteiger partial charge in [0.15, 0.2) is 5.58 Å². The van der Waals surface area contributed by atoms with Crippen molar-refractivity contribution in [2.75, 3.05) is 25.9 Å². The van der Waals surface area contributed by atoms with Gasteiger partial charge in [-0.2, -0.15) is 0 Å². The summed E-state index contributed by atoms with van der Waals surface area (Å²) in [4.78, 5) is 18.6. The first-order chi connectivity index (χ1) is 13.9. The number of nitrogens with one attached hydrogen (secondary N) is 1. The van der Waals surface area contributed by atoms with Gasteiger partial charge >= 0.3 is 0 Å². The molecule has 154 valence electrons. The third kappa shape index (κ3) is 6.64. The smallest absolute Gasteiger partial charge is 0.257 e. The monoisotopic (exact) mass is 451 g/mol. The number of fused-ring (bicyclic) bond motifs is 1. The number of oxazole rings is 1. The Morgan fingerprint density at radius 1 is 1.21 bits per heavy atom. The molecule has 0 bridgehead atoms. The van der Waals surface area contributed by atoms with E-state index in [-0.39, 0.29) is 11.7 Å². The van der Waals surface area contributed by atoms with Gasteiger partial charge in [0, 0.05) is 13.1 Å². The fraction of sp³-hybridized carbons (Fsp3) is 0.333. The number of halogens is 2. The van der Waals surface area contributed by atoms with Gasteiger partial charge in [-0.15, -0.1) is 0 Å². The summed E-state index contributed by atoms with van der Waals surface area (Å²) in [5, 5.41) is 4.58. The lowest BCUT2D eigenvalue weighted by atomic mass is 10.2. The number of hydrogen-bond donors (Lipinski definition) is 1. The maximum absolute atomic E-state index is 12.0. The molecule has 1 aromatic heterocycles. The number of benzene rings is 2. The topological polar surface area (TPSA) is 58.4 Å². The van der Waals surface area contributed by atoms with E-state index in [2.05, 4.69) is 15.2 Å². The van der Waals surface area contributed by atoms with Crippen LogP contribution in [-0.4, -0.2) is 41.7 Å². The van der Waals surface area contributed by atoms with Crippen LogP contribution in [0.5, 0.6) is 0 Å². The van der Waals surface area contributed by atoms with E-state index in [1.165, 1.54) is 11.8 Å². The fourth-order valence-electron chi connectivity index (χ4n) is 2.86. The largest absolute Gasteiger partial charge is 0.431 e. The maximum atomic E-state index is 12.0. The molecule has 2 aromatic carbocycles. The van der Waals surface area contributed by atoms with Crippen LogP contribution < -0.4 is 5.32 Å². The van der Waals surface area contributed by atoms with Gasteiger partial charge < -0.3 is 14.6 Å². The van der Waals surface area contributed by atoms with Gasteiger partial charge in [0.05, 0.1) is 15.8 Å². The molecule has 0 radical (unpaired) electrons. The molecule has 3 aromatic rings. The number of hydrogen-bond acceptors (Lipinski definition) is 5. The van der Waals surface area contributed by atoms with Gasteiger partial charge in [-0.1, -0.05) is 47.1 Å². The van der Waals surface area contributed by atoms with Gasteiger partial charge in [-0.05, 0) is 62.3 Å². The molecule has 29 heavy (non-hydrogen) atoms. The average molecular weight is 452 g/mol. The van der Waals surface area contributed by atoms with E-state index in [9.17, 15) is 4.79 Å². The van der Waals surface area contributed by atoms with Crippen molar-refractivity contribution in [3.63, 3.8) is 0 Å². The van der Waals surface area contributed by atoms with Crippen molar-refractivity contribution >= 4 is 52.0 Å². The molecule has 1 amide bonds. The van der Waals surface area contributed by atoms with Crippen LogP contribution in [0.1, 0.15) is 17.5 Å². The predicted molar refractivity (Wildman–Crippen MR) is 120 cm³/mol. The number of thioether (sulfide) groups is 1. The predicted octanol–water partition coefficient (Wildman–Crippen LogP) is 5.17. The number of aryl methyl sites for hydroxylation is 1. The summed E-state index contributed by atoms with van der Waals surface area (Å²) in [6.07, 6.45) is 0.858. The molecule has 0 saturated heterocycles. The molecule has 0 spiro atoms. The van der Waals surface area contributed by atoms with Gasteiger partial charge in [0.2, 0.25) is 5.91 Å². The summed E-state index contributed by atoms with van der Waals surface area (Å²) in [5.41, 5.74) is 3.78. The Morgan fingerprint density at radius 2 is 2.03 bits per heavy atom. The Hall–Kier alpha value is -1.73. The SMILES string of the molecule is Cc1ccc2nc(SCC(=O)NCCCN(C)Cc3ccc(Cl)c(Cl)c3)oc2c1. The van der Waals surface area contributed by atoms with Crippen LogP contribution in [0.2, 0.25) is 10.0 Å². The highest BCUT2D eigenvalue weighted by Crippen LogP contribution is 2.24. The molecule has 0 unspecified atom stereocenters. The van der Waals surface area contributed by atoms with Crippen LogP contribution >= 0.6 is 35.0 Å². The van der Waals surface area contributed by atoms with Crippen molar-refractivity contribution in [1.82, 2.24) is 15.2 Å². The minimum atomic E-state index is -0.0272. The molecule has 8 heteroatoms. The minimum Gasteiger partial charge on any atom is -0.431 e. The van der Waals surface area contributed by atoms with E-state index in [0.717, 1.165) is 41.7 Å². The van der Waals surface area contributed by atoms with E-state index in [1.807, 2.05) is 50.4 Å². The lowest BCUT2D eigenvalue weighted by molar-refractivity contribution is -0.118. The lowest BCUT2D eigenvalue weighted by Gasteiger charge is -2.17. The van der Waals surface area contributed by atoms with Gasteiger partial charge in [-0.3, -0.25) is 4.79 Å². The van der Waals surface area contributed by atoms with Gasteiger partial charge in [0.1, 0.15) is 5.52 Å². The van der Waals surface area contributed by atoms with Crippen LogP contribution in [0.4, 0.5) is 0 Å². The Bertz CT molecular complexity index is 993. The van der Waals surface area contributed by atoms with Crippen molar-refractivity contribution in [2.24, 2.45) is 0 Å². The zero-order valence-electron chi connectivity index (χ0n) is 16.4. The van der Waals surface area contributed by atoms with Gasteiger partial charge in [0.25, 0.3) is 5.22 Å². The molecule has 3 rings (SSSR count). The van der Waals surface area contributed by atoms with Crippen LogP contribution in [-0.2, 0) is 11.3 Å². The molecular formula is C21H23Cl2N3O2S. The van der Waals surface area contributed by atoms with Crippen molar-refractivity contribution in [1.29, 1.82) is 0 Å². The highest BCUT2D eigenvalue weighted by molar-refractivity contribution is 7.99. The van der Waals surface area contributed by atoms with Crippen molar-refractivity contribution < 1.29 is 9.21 Å². The third-order valence-corrected chi connectivity index (χ3v) is 5.89. The number of carbonyl (C=O) groups excluding carboxylic acids is 1. The van der Waals surface area contributed by atoms with E-state index < -0.39 is 0 Å². The number of amides is 1. The average Bonchev–Trinajstić information content (AvgIpc) is 3.08. The molecule has 0 aliphatic heterocycles. The zero-order chi connectivity index (χ0) is 20.8. The van der Waals surface area contributed by atoms with Crippen molar-refractivity contribution in [3.8, 4) is 0 Å². The molecule has 5 nitrogen and oxygen atoms in total. The number of carbonyl (C=O) groups is 1.